The van der Waals surface area contributed by atoms with Crippen molar-refractivity contribution in [3.63, 3.8) is 0 Å². The number of carbonyl (C=O) groups is 2. The van der Waals surface area contributed by atoms with E-state index in [1.807, 2.05) is 26.0 Å². The van der Waals surface area contributed by atoms with Crippen molar-refractivity contribution in [2.24, 2.45) is 0 Å². The molecule has 0 radical (unpaired) electrons. The van der Waals surface area contributed by atoms with E-state index in [0.29, 0.717) is 5.69 Å². The molecule has 0 N–H and O–H groups in total. The number of hydrogen-bond donors (Lipinski definition) is 0. The standard InChI is InChI=1S/C13H11Cl2NO2/c1-3-8-5-4-6-9(7(8)2)16-12(17)10(14)11(15)13(16)18/h4-6H,3H2,1-2H3. The van der Waals surface area contributed by atoms with Gasteiger partial charge in [0.2, 0.25) is 0 Å². The molecule has 0 saturated carbocycles. The Morgan fingerprint density at radius 3 is 2.17 bits per heavy atom. The van der Waals surface area contributed by atoms with Gasteiger partial charge in [0, 0.05) is 0 Å². The van der Waals surface area contributed by atoms with Gasteiger partial charge >= 0.3 is 0 Å². The fourth-order valence-corrected chi connectivity index (χ4v) is 2.32. The zero-order chi connectivity index (χ0) is 13.4. The van der Waals surface area contributed by atoms with Crippen molar-refractivity contribution < 1.29 is 9.59 Å². The van der Waals surface area contributed by atoms with Crippen molar-refractivity contribution in [2.45, 2.75) is 20.3 Å². The average molecular weight is 284 g/mol. The normalized spacial score (nSPS) is 15.9. The highest BCUT2D eigenvalue weighted by molar-refractivity contribution is 6.62. The van der Waals surface area contributed by atoms with Crippen LogP contribution in [0.2, 0.25) is 0 Å². The minimum absolute atomic E-state index is 0.219. The van der Waals surface area contributed by atoms with Gasteiger partial charge in [0.25, 0.3) is 11.8 Å². The summed E-state index contributed by atoms with van der Waals surface area (Å²) < 4.78 is 0. The Morgan fingerprint density at radius 1 is 1.11 bits per heavy atom. The van der Waals surface area contributed by atoms with Gasteiger partial charge in [0.05, 0.1) is 5.69 Å². The predicted molar refractivity (Wildman–Crippen MR) is 71.8 cm³/mol. The van der Waals surface area contributed by atoms with Crippen molar-refractivity contribution in [1.82, 2.24) is 0 Å². The second-order valence-corrected chi connectivity index (χ2v) is 4.74. The summed E-state index contributed by atoms with van der Waals surface area (Å²) >= 11 is 11.4. The van der Waals surface area contributed by atoms with E-state index in [1.165, 1.54) is 0 Å². The first-order valence-corrected chi connectivity index (χ1v) is 6.27. The van der Waals surface area contributed by atoms with Crippen LogP contribution in [0.15, 0.2) is 28.3 Å². The summed E-state index contributed by atoms with van der Waals surface area (Å²) in [6.45, 7) is 3.88. The van der Waals surface area contributed by atoms with Gasteiger partial charge in [0.15, 0.2) is 0 Å². The maximum atomic E-state index is 11.9. The molecule has 2 rings (SSSR count). The van der Waals surface area contributed by atoms with Gasteiger partial charge in [0.1, 0.15) is 10.1 Å². The molecule has 1 heterocycles. The zero-order valence-corrected chi connectivity index (χ0v) is 11.5. The lowest BCUT2D eigenvalue weighted by molar-refractivity contribution is -0.120. The second-order valence-electron chi connectivity index (χ2n) is 3.99. The van der Waals surface area contributed by atoms with Gasteiger partial charge < -0.3 is 0 Å². The van der Waals surface area contributed by atoms with Gasteiger partial charge in [-0.2, -0.15) is 0 Å². The van der Waals surface area contributed by atoms with Crippen molar-refractivity contribution in [3.05, 3.63) is 39.4 Å². The fraction of sp³-hybridized carbons (Fsp3) is 0.231. The summed E-state index contributed by atoms with van der Waals surface area (Å²) in [5.74, 6) is -1.13. The van der Waals surface area contributed by atoms with Gasteiger partial charge in [-0.3, -0.25) is 9.59 Å². The zero-order valence-electron chi connectivity index (χ0n) is 9.96. The Bertz CT molecular complexity index is 554. The van der Waals surface area contributed by atoms with Crippen molar-refractivity contribution >= 4 is 40.7 Å². The molecule has 0 bridgehead atoms. The number of halogens is 2. The number of amides is 2. The van der Waals surface area contributed by atoms with Crippen molar-refractivity contribution in [1.29, 1.82) is 0 Å². The summed E-state index contributed by atoms with van der Waals surface area (Å²) in [5, 5.41) is -0.439. The molecule has 1 aliphatic heterocycles. The molecule has 0 fully saturated rings. The lowest BCUT2D eigenvalue weighted by Crippen LogP contribution is -2.31. The molecule has 5 heteroatoms. The number of nitrogens with zero attached hydrogens (tertiary/aromatic N) is 1. The molecule has 1 aliphatic rings. The van der Waals surface area contributed by atoms with E-state index >= 15 is 0 Å². The molecule has 1 aromatic carbocycles. The molecule has 0 atom stereocenters. The predicted octanol–water partition coefficient (Wildman–Crippen LogP) is 3.12. The summed E-state index contributed by atoms with van der Waals surface area (Å²) in [6, 6.07) is 5.48. The number of benzene rings is 1. The van der Waals surface area contributed by atoms with Gasteiger partial charge in [-0.1, -0.05) is 42.3 Å². The Kier molecular flexibility index (Phi) is 3.46. The summed E-state index contributed by atoms with van der Waals surface area (Å²) in [4.78, 5) is 24.8. The van der Waals surface area contributed by atoms with Gasteiger partial charge in [-0.15, -0.1) is 0 Å². The topological polar surface area (TPSA) is 37.4 Å². The Labute approximate surface area is 115 Å². The summed E-state index contributed by atoms with van der Waals surface area (Å²) in [5.41, 5.74) is 2.50. The molecular formula is C13H11Cl2NO2. The number of carbonyl (C=O) groups excluding carboxylic acids is 2. The largest absolute Gasteiger partial charge is 0.278 e. The second kappa shape index (κ2) is 4.75. The number of aryl methyl sites for hydroxylation is 1. The monoisotopic (exact) mass is 283 g/mol. The van der Waals surface area contributed by atoms with Crippen LogP contribution in [0.1, 0.15) is 18.1 Å². The third kappa shape index (κ3) is 1.84. The summed E-state index contributed by atoms with van der Waals surface area (Å²) in [6.07, 6.45) is 0.824. The van der Waals surface area contributed by atoms with Crippen molar-refractivity contribution in [2.75, 3.05) is 4.90 Å². The van der Waals surface area contributed by atoms with Crippen LogP contribution in [0.5, 0.6) is 0 Å². The first-order valence-electron chi connectivity index (χ1n) is 5.51. The van der Waals surface area contributed by atoms with Crippen LogP contribution in [0, 0.1) is 6.92 Å². The van der Waals surface area contributed by atoms with Gasteiger partial charge in [-0.05, 0) is 30.5 Å². The fourth-order valence-electron chi connectivity index (χ4n) is 1.99. The first kappa shape index (κ1) is 13.1. The highest BCUT2D eigenvalue weighted by atomic mass is 35.5. The van der Waals surface area contributed by atoms with E-state index < -0.39 is 11.8 Å². The molecule has 2 amide bonds. The van der Waals surface area contributed by atoms with Crippen LogP contribution in [-0.4, -0.2) is 11.8 Å². The molecule has 0 saturated heterocycles. The van der Waals surface area contributed by atoms with Gasteiger partial charge in [-0.25, -0.2) is 4.90 Å². The molecule has 94 valence electrons. The highest BCUT2D eigenvalue weighted by Gasteiger charge is 2.38. The minimum Gasteiger partial charge on any atom is -0.267 e. The summed E-state index contributed by atoms with van der Waals surface area (Å²) in [7, 11) is 0. The van der Waals surface area contributed by atoms with E-state index in [9.17, 15) is 9.59 Å². The van der Waals surface area contributed by atoms with Crippen LogP contribution in [0.4, 0.5) is 5.69 Å². The van der Waals surface area contributed by atoms with E-state index in [0.717, 1.165) is 22.4 Å². The van der Waals surface area contributed by atoms with Crippen molar-refractivity contribution in [3.8, 4) is 0 Å². The molecule has 18 heavy (non-hydrogen) atoms. The SMILES string of the molecule is CCc1cccc(N2C(=O)C(Cl)=C(Cl)C2=O)c1C. The molecule has 3 nitrogen and oxygen atoms in total. The maximum absolute atomic E-state index is 11.9. The highest BCUT2D eigenvalue weighted by Crippen LogP contribution is 2.33. The van der Waals surface area contributed by atoms with Crippen LogP contribution < -0.4 is 4.90 Å². The molecule has 0 aromatic heterocycles. The third-order valence-electron chi connectivity index (χ3n) is 3.01. The van der Waals surface area contributed by atoms with E-state index in [1.54, 1.807) is 6.07 Å². The lowest BCUT2D eigenvalue weighted by atomic mass is 10.0. The van der Waals surface area contributed by atoms with E-state index in [4.69, 9.17) is 23.2 Å². The number of rotatable bonds is 2. The van der Waals surface area contributed by atoms with E-state index in [-0.39, 0.29) is 10.1 Å². The van der Waals surface area contributed by atoms with Crippen LogP contribution in [-0.2, 0) is 16.0 Å². The smallest absolute Gasteiger partial charge is 0.267 e. The Morgan fingerprint density at radius 2 is 1.67 bits per heavy atom. The Balaban J connectivity index is 2.53. The first-order chi connectivity index (χ1) is 8.49. The lowest BCUT2D eigenvalue weighted by Gasteiger charge is -2.18. The van der Waals surface area contributed by atoms with Crippen LogP contribution >= 0.6 is 23.2 Å². The molecule has 1 aromatic rings. The average Bonchev–Trinajstić information content (AvgIpc) is 2.55. The molecule has 0 unspecified atom stereocenters. The molecule has 0 spiro atoms. The third-order valence-corrected chi connectivity index (χ3v) is 3.81. The number of imide groups is 1. The molecule has 0 aliphatic carbocycles. The van der Waals surface area contributed by atoms with E-state index in [2.05, 4.69) is 0 Å². The Hall–Kier alpha value is -1.32. The van der Waals surface area contributed by atoms with Crippen LogP contribution in [0.25, 0.3) is 0 Å². The quantitative estimate of drug-likeness (QED) is 0.782. The van der Waals surface area contributed by atoms with Crippen LogP contribution in [0.3, 0.4) is 0 Å². The number of hydrogen-bond acceptors (Lipinski definition) is 2. The number of anilines is 1. The molecular weight excluding hydrogens is 273 g/mol. The maximum Gasteiger partial charge on any atom is 0.278 e. The minimum atomic E-state index is -0.567.